The number of hydrogen-bond acceptors (Lipinski definition) is 2. The van der Waals surface area contributed by atoms with Crippen molar-refractivity contribution in [3.8, 4) is 0 Å². The SMILES string of the molecule is Cc1cc(CNC(=O)N2CCCC2)n[nH]1. The standard InChI is InChI=1S/C10H16N4O/c1-8-6-9(13-12-8)7-11-10(15)14-4-2-3-5-14/h6H,2-5,7H2,1H3,(H,11,15)(H,12,13). The van der Waals surface area contributed by atoms with E-state index in [1.165, 1.54) is 0 Å². The van der Waals surface area contributed by atoms with Gasteiger partial charge in [-0.3, -0.25) is 5.10 Å². The van der Waals surface area contributed by atoms with E-state index >= 15 is 0 Å². The molecular formula is C10H16N4O. The van der Waals surface area contributed by atoms with Crippen molar-refractivity contribution in [1.29, 1.82) is 0 Å². The fourth-order valence-corrected chi connectivity index (χ4v) is 1.76. The van der Waals surface area contributed by atoms with Crippen molar-refractivity contribution >= 4 is 6.03 Å². The van der Waals surface area contributed by atoms with Crippen LogP contribution in [-0.2, 0) is 6.54 Å². The Morgan fingerprint density at radius 3 is 2.93 bits per heavy atom. The molecule has 0 saturated carbocycles. The first kappa shape index (κ1) is 10.0. The molecule has 2 rings (SSSR count). The molecule has 1 saturated heterocycles. The number of carbonyl (C=O) groups is 1. The Morgan fingerprint density at radius 1 is 1.60 bits per heavy atom. The predicted octanol–water partition coefficient (Wildman–Crippen LogP) is 1.02. The average molecular weight is 208 g/mol. The molecule has 5 heteroatoms. The number of H-pyrrole nitrogens is 1. The molecule has 1 aliphatic heterocycles. The zero-order valence-corrected chi connectivity index (χ0v) is 8.92. The lowest BCUT2D eigenvalue weighted by Crippen LogP contribution is -2.37. The topological polar surface area (TPSA) is 61.0 Å². The summed E-state index contributed by atoms with van der Waals surface area (Å²) in [6.45, 7) is 4.20. The summed E-state index contributed by atoms with van der Waals surface area (Å²) in [5.41, 5.74) is 1.89. The van der Waals surface area contributed by atoms with E-state index in [1.54, 1.807) is 0 Å². The van der Waals surface area contributed by atoms with Crippen LogP contribution in [-0.4, -0.2) is 34.2 Å². The van der Waals surface area contributed by atoms with Crippen molar-refractivity contribution in [3.05, 3.63) is 17.5 Å². The smallest absolute Gasteiger partial charge is 0.317 e. The summed E-state index contributed by atoms with van der Waals surface area (Å²) in [5.74, 6) is 0. The summed E-state index contributed by atoms with van der Waals surface area (Å²) in [6, 6.07) is 1.96. The number of carbonyl (C=O) groups excluding carboxylic acids is 1. The van der Waals surface area contributed by atoms with Gasteiger partial charge in [0.15, 0.2) is 0 Å². The fourth-order valence-electron chi connectivity index (χ4n) is 1.76. The summed E-state index contributed by atoms with van der Waals surface area (Å²) in [5, 5.41) is 9.76. The first-order valence-electron chi connectivity index (χ1n) is 5.29. The molecule has 2 amide bonds. The van der Waals surface area contributed by atoms with Crippen LogP contribution < -0.4 is 5.32 Å². The van der Waals surface area contributed by atoms with E-state index in [4.69, 9.17) is 0 Å². The molecule has 2 heterocycles. The third kappa shape index (κ3) is 2.49. The summed E-state index contributed by atoms with van der Waals surface area (Å²) in [6.07, 6.45) is 2.24. The molecule has 0 bridgehead atoms. The van der Waals surface area contributed by atoms with Gasteiger partial charge in [-0.1, -0.05) is 0 Å². The average Bonchev–Trinajstić information content (AvgIpc) is 2.84. The minimum absolute atomic E-state index is 0.0214. The lowest BCUT2D eigenvalue weighted by Gasteiger charge is -2.15. The maximum atomic E-state index is 11.6. The van der Waals surface area contributed by atoms with E-state index in [-0.39, 0.29) is 6.03 Å². The zero-order chi connectivity index (χ0) is 10.7. The van der Waals surface area contributed by atoms with Gasteiger partial charge in [-0.25, -0.2) is 4.79 Å². The molecule has 1 aromatic heterocycles. The van der Waals surface area contributed by atoms with Gasteiger partial charge in [-0.2, -0.15) is 5.10 Å². The molecule has 0 radical (unpaired) electrons. The van der Waals surface area contributed by atoms with Crippen molar-refractivity contribution < 1.29 is 4.79 Å². The number of aromatic nitrogens is 2. The van der Waals surface area contributed by atoms with E-state index in [2.05, 4.69) is 15.5 Å². The Bertz CT molecular complexity index is 341. The Hall–Kier alpha value is -1.52. The lowest BCUT2D eigenvalue weighted by atomic mass is 10.4. The minimum atomic E-state index is 0.0214. The van der Waals surface area contributed by atoms with E-state index in [0.29, 0.717) is 6.54 Å². The quantitative estimate of drug-likeness (QED) is 0.762. The molecule has 1 aromatic rings. The van der Waals surface area contributed by atoms with Crippen LogP contribution in [0.2, 0.25) is 0 Å². The Balaban J connectivity index is 1.80. The number of rotatable bonds is 2. The number of nitrogens with one attached hydrogen (secondary N) is 2. The Morgan fingerprint density at radius 2 is 2.33 bits per heavy atom. The highest BCUT2D eigenvalue weighted by Crippen LogP contribution is 2.07. The van der Waals surface area contributed by atoms with Gasteiger partial charge in [0.2, 0.25) is 0 Å². The second kappa shape index (κ2) is 4.33. The normalized spacial score (nSPS) is 15.7. The number of amides is 2. The third-order valence-electron chi connectivity index (χ3n) is 2.57. The van der Waals surface area contributed by atoms with Crippen LogP contribution in [0, 0.1) is 6.92 Å². The molecular weight excluding hydrogens is 192 g/mol. The predicted molar refractivity (Wildman–Crippen MR) is 56.4 cm³/mol. The van der Waals surface area contributed by atoms with E-state index in [1.807, 2.05) is 17.9 Å². The van der Waals surface area contributed by atoms with Crippen LogP contribution in [0.4, 0.5) is 4.79 Å². The molecule has 0 aliphatic carbocycles. The van der Waals surface area contributed by atoms with Crippen molar-refractivity contribution in [3.63, 3.8) is 0 Å². The van der Waals surface area contributed by atoms with Gasteiger partial charge >= 0.3 is 6.03 Å². The molecule has 1 aliphatic rings. The number of aromatic amines is 1. The van der Waals surface area contributed by atoms with Crippen molar-refractivity contribution in [2.24, 2.45) is 0 Å². The Kier molecular flexibility index (Phi) is 2.89. The van der Waals surface area contributed by atoms with Crippen molar-refractivity contribution in [2.45, 2.75) is 26.3 Å². The number of nitrogens with zero attached hydrogens (tertiary/aromatic N) is 2. The highest BCUT2D eigenvalue weighted by molar-refractivity contribution is 5.74. The summed E-state index contributed by atoms with van der Waals surface area (Å²) in [4.78, 5) is 13.4. The molecule has 82 valence electrons. The number of likely N-dealkylation sites (tertiary alicyclic amines) is 1. The van der Waals surface area contributed by atoms with Gasteiger partial charge in [0, 0.05) is 18.8 Å². The zero-order valence-electron chi connectivity index (χ0n) is 8.92. The van der Waals surface area contributed by atoms with Crippen LogP contribution in [0.3, 0.4) is 0 Å². The molecule has 15 heavy (non-hydrogen) atoms. The van der Waals surface area contributed by atoms with E-state index in [0.717, 1.165) is 37.3 Å². The largest absolute Gasteiger partial charge is 0.332 e. The van der Waals surface area contributed by atoms with Gasteiger partial charge in [-0.05, 0) is 25.8 Å². The maximum absolute atomic E-state index is 11.6. The van der Waals surface area contributed by atoms with Crippen LogP contribution >= 0.6 is 0 Å². The first-order chi connectivity index (χ1) is 7.25. The van der Waals surface area contributed by atoms with Gasteiger partial charge in [0.1, 0.15) is 0 Å². The molecule has 5 nitrogen and oxygen atoms in total. The molecule has 0 atom stereocenters. The number of urea groups is 1. The molecule has 0 unspecified atom stereocenters. The molecule has 0 spiro atoms. The van der Waals surface area contributed by atoms with Crippen LogP contribution in [0.15, 0.2) is 6.07 Å². The van der Waals surface area contributed by atoms with E-state index < -0.39 is 0 Å². The summed E-state index contributed by atoms with van der Waals surface area (Å²) < 4.78 is 0. The van der Waals surface area contributed by atoms with Gasteiger partial charge in [-0.15, -0.1) is 0 Å². The van der Waals surface area contributed by atoms with Crippen LogP contribution in [0.25, 0.3) is 0 Å². The first-order valence-corrected chi connectivity index (χ1v) is 5.29. The number of aryl methyl sites for hydroxylation is 1. The van der Waals surface area contributed by atoms with E-state index in [9.17, 15) is 4.79 Å². The van der Waals surface area contributed by atoms with Crippen LogP contribution in [0.5, 0.6) is 0 Å². The highest BCUT2D eigenvalue weighted by atomic mass is 16.2. The molecule has 0 aromatic carbocycles. The van der Waals surface area contributed by atoms with Crippen molar-refractivity contribution in [1.82, 2.24) is 20.4 Å². The highest BCUT2D eigenvalue weighted by Gasteiger charge is 2.17. The second-order valence-corrected chi connectivity index (χ2v) is 3.90. The number of hydrogen-bond donors (Lipinski definition) is 2. The molecule has 1 fully saturated rings. The van der Waals surface area contributed by atoms with Gasteiger partial charge in [0.25, 0.3) is 0 Å². The lowest BCUT2D eigenvalue weighted by molar-refractivity contribution is 0.208. The summed E-state index contributed by atoms with van der Waals surface area (Å²) >= 11 is 0. The molecule has 2 N–H and O–H groups in total. The van der Waals surface area contributed by atoms with Crippen molar-refractivity contribution in [2.75, 3.05) is 13.1 Å². The minimum Gasteiger partial charge on any atom is -0.332 e. The van der Waals surface area contributed by atoms with Gasteiger partial charge in [0.05, 0.1) is 12.2 Å². The summed E-state index contributed by atoms with van der Waals surface area (Å²) in [7, 11) is 0. The second-order valence-electron chi connectivity index (χ2n) is 3.90. The third-order valence-corrected chi connectivity index (χ3v) is 2.57. The fraction of sp³-hybridized carbons (Fsp3) is 0.600. The monoisotopic (exact) mass is 208 g/mol. The Labute approximate surface area is 88.8 Å². The van der Waals surface area contributed by atoms with Gasteiger partial charge < -0.3 is 10.2 Å². The maximum Gasteiger partial charge on any atom is 0.317 e. The van der Waals surface area contributed by atoms with Crippen LogP contribution in [0.1, 0.15) is 24.2 Å².